The van der Waals surface area contributed by atoms with E-state index < -0.39 is 0 Å². The van der Waals surface area contributed by atoms with E-state index in [4.69, 9.17) is 10.7 Å². The minimum Gasteiger partial charge on any atom is -0.368 e. The van der Waals surface area contributed by atoms with Crippen LogP contribution in [-0.4, -0.2) is 64.0 Å². The second-order valence-corrected chi connectivity index (χ2v) is 7.50. The Morgan fingerprint density at radius 1 is 0.741 bits per heavy atom. The number of nitrogens with two attached hydrogens (primary N) is 1. The van der Waals surface area contributed by atoms with Crippen LogP contribution < -0.4 is 10.6 Å². The molecule has 1 aromatic heterocycles. The van der Waals surface area contributed by atoms with Gasteiger partial charge >= 0.3 is 0 Å². The van der Waals surface area contributed by atoms with E-state index in [1.165, 1.54) is 24.8 Å². The van der Waals surface area contributed by atoms with Crippen molar-refractivity contribution in [2.45, 2.75) is 32.4 Å². The summed E-state index contributed by atoms with van der Waals surface area (Å²) in [4.78, 5) is 20.6. The highest BCUT2D eigenvalue weighted by Crippen LogP contribution is 2.17. The van der Waals surface area contributed by atoms with Crippen LogP contribution in [-0.2, 0) is 13.1 Å². The van der Waals surface area contributed by atoms with E-state index in [2.05, 4.69) is 55.0 Å². The number of rotatable bonds is 5. The molecule has 0 amide bonds. The van der Waals surface area contributed by atoms with E-state index in [1.807, 2.05) is 0 Å². The molecule has 2 aliphatic heterocycles. The van der Waals surface area contributed by atoms with Gasteiger partial charge in [-0.25, -0.2) is 0 Å². The molecule has 0 radical (unpaired) electrons. The van der Waals surface area contributed by atoms with Crippen LogP contribution in [0.3, 0.4) is 0 Å². The first-order chi connectivity index (χ1) is 13.3. The lowest BCUT2D eigenvalue weighted by molar-refractivity contribution is 0.120. The van der Waals surface area contributed by atoms with Crippen molar-refractivity contribution in [3.05, 3.63) is 41.7 Å². The van der Waals surface area contributed by atoms with Gasteiger partial charge in [0.05, 0.1) is 6.54 Å². The van der Waals surface area contributed by atoms with Gasteiger partial charge in [-0.1, -0.05) is 30.3 Å². The number of piperazine rings is 1. The van der Waals surface area contributed by atoms with Crippen molar-refractivity contribution in [3.8, 4) is 0 Å². The van der Waals surface area contributed by atoms with E-state index >= 15 is 0 Å². The fourth-order valence-electron chi connectivity index (χ4n) is 3.88. The Hall–Kier alpha value is -2.25. The van der Waals surface area contributed by atoms with Gasteiger partial charge in [0.15, 0.2) is 0 Å². The molecule has 2 aliphatic rings. The Labute approximate surface area is 161 Å². The molecule has 2 N–H and O–H groups in total. The molecule has 2 fully saturated rings. The number of benzene rings is 1. The zero-order chi connectivity index (χ0) is 18.5. The third-order valence-electron chi connectivity index (χ3n) is 5.41. The number of aromatic nitrogens is 3. The third kappa shape index (κ3) is 4.93. The summed E-state index contributed by atoms with van der Waals surface area (Å²) in [6, 6.07) is 10.7. The fraction of sp³-hybridized carbons (Fsp3) is 0.550. The van der Waals surface area contributed by atoms with Crippen LogP contribution in [0.4, 0.5) is 11.9 Å². The van der Waals surface area contributed by atoms with Gasteiger partial charge in [-0.05, 0) is 24.8 Å². The summed E-state index contributed by atoms with van der Waals surface area (Å²) in [6.07, 6.45) is 3.69. The number of nitrogens with zero attached hydrogens (tertiary/aromatic N) is 6. The monoisotopic (exact) mass is 367 g/mol. The lowest BCUT2D eigenvalue weighted by atomic mass is 10.1. The summed E-state index contributed by atoms with van der Waals surface area (Å²) in [5, 5.41) is 0. The van der Waals surface area contributed by atoms with Crippen molar-refractivity contribution in [1.29, 1.82) is 0 Å². The molecule has 7 heteroatoms. The Kier molecular flexibility index (Phi) is 5.79. The molecule has 0 spiro atoms. The zero-order valence-corrected chi connectivity index (χ0v) is 15.9. The molecule has 144 valence electrons. The predicted molar refractivity (Wildman–Crippen MR) is 107 cm³/mol. The number of nitrogen functional groups attached to an aromatic ring is 1. The van der Waals surface area contributed by atoms with Gasteiger partial charge in [0.1, 0.15) is 5.82 Å². The quantitative estimate of drug-likeness (QED) is 0.863. The van der Waals surface area contributed by atoms with Crippen molar-refractivity contribution in [1.82, 2.24) is 24.8 Å². The van der Waals surface area contributed by atoms with Crippen molar-refractivity contribution in [2.24, 2.45) is 0 Å². The molecular formula is C20H29N7. The molecule has 3 heterocycles. The molecule has 0 unspecified atom stereocenters. The number of hydrogen-bond donors (Lipinski definition) is 1. The minimum absolute atomic E-state index is 0.336. The largest absolute Gasteiger partial charge is 0.368 e. The summed E-state index contributed by atoms with van der Waals surface area (Å²) in [5.74, 6) is 1.88. The predicted octanol–water partition coefficient (Wildman–Crippen LogP) is 1.76. The molecule has 4 rings (SSSR count). The van der Waals surface area contributed by atoms with Gasteiger partial charge in [-0.2, -0.15) is 15.0 Å². The second-order valence-electron chi connectivity index (χ2n) is 7.50. The molecule has 0 atom stereocenters. The van der Waals surface area contributed by atoms with Crippen LogP contribution in [0.25, 0.3) is 0 Å². The molecule has 27 heavy (non-hydrogen) atoms. The van der Waals surface area contributed by atoms with Crippen molar-refractivity contribution in [3.63, 3.8) is 0 Å². The molecule has 0 aliphatic carbocycles. The van der Waals surface area contributed by atoms with Crippen molar-refractivity contribution >= 4 is 11.9 Å². The topological polar surface area (TPSA) is 74.4 Å². The smallest absolute Gasteiger partial charge is 0.230 e. The van der Waals surface area contributed by atoms with E-state index in [1.54, 1.807) is 0 Å². The van der Waals surface area contributed by atoms with Gasteiger partial charge in [0.2, 0.25) is 11.9 Å². The fourth-order valence-corrected chi connectivity index (χ4v) is 3.88. The molecule has 0 saturated carbocycles. The highest BCUT2D eigenvalue weighted by atomic mass is 15.3. The first-order valence-electron chi connectivity index (χ1n) is 10.0. The maximum Gasteiger partial charge on any atom is 0.230 e. The minimum atomic E-state index is 0.336. The third-order valence-corrected chi connectivity index (χ3v) is 5.41. The Morgan fingerprint density at radius 3 is 2.11 bits per heavy atom. The zero-order valence-electron chi connectivity index (χ0n) is 15.9. The second kappa shape index (κ2) is 8.63. The summed E-state index contributed by atoms with van der Waals surface area (Å²) in [7, 11) is 0. The van der Waals surface area contributed by atoms with E-state index in [0.717, 1.165) is 64.1 Å². The van der Waals surface area contributed by atoms with Crippen LogP contribution >= 0.6 is 0 Å². The summed E-state index contributed by atoms with van der Waals surface area (Å²) >= 11 is 0. The average Bonchev–Trinajstić information content (AvgIpc) is 2.71. The van der Waals surface area contributed by atoms with Crippen molar-refractivity contribution in [2.75, 3.05) is 49.9 Å². The number of anilines is 2. The Morgan fingerprint density at radius 2 is 1.41 bits per heavy atom. The van der Waals surface area contributed by atoms with Crippen LogP contribution in [0.5, 0.6) is 0 Å². The van der Waals surface area contributed by atoms with Gasteiger partial charge in [-0.15, -0.1) is 0 Å². The van der Waals surface area contributed by atoms with Gasteiger partial charge in [0, 0.05) is 45.8 Å². The maximum absolute atomic E-state index is 5.96. The Balaban J connectivity index is 1.32. The van der Waals surface area contributed by atoms with E-state index in [0.29, 0.717) is 5.95 Å². The van der Waals surface area contributed by atoms with E-state index in [9.17, 15) is 0 Å². The lowest BCUT2D eigenvalue weighted by Crippen LogP contribution is -2.45. The first kappa shape index (κ1) is 18.1. The molecular weight excluding hydrogens is 338 g/mol. The van der Waals surface area contributed by atoms with Crippen molar-refractivity contribution < 1.29 is 0 Å². The Bertz CT molecular complexity index is 722. The highest BCUT2D eigenvalue weighted by Gasteiger charge is 2.20. The van der Waals surface area contributed by atoms with Crippen LogP contribution in [0, 0.1) is 0 Å². The van der Waals surface area contributed by atoms with Gasteiger partial charge < -0.3 is 10.6 Å². The number of piperidine rings is 1. The summed E-state index contributed by atoms with van der Waals surface area (Å²) in [6.45, 7) is 7.97. The van der Waals surface area contributed by atoms with Gasteiger partial charge in [-0.3, -0.25) is 9.80 Å². The first-order valence-corrected chi connectivity index (χ1v) is 10.0. The molecule has 1 aromatic carbocycles. The number of hydrogen-bond acceptors (Lipinski definition) is 7. The van der Waals surface area contributed by atoms with Crippen LogP contribution in [0.2, 0.25) is 0 Å². The molecule has 0 bridgehead atoms. The molecule has 2 aromatic rings. The highest BCUT2D eigenvalue weighted by molar-refractivity contribution is 5.35. The van der Waals surface area contributed by atoms with E-state index in [-0.39, 0.29) is 0 Å². The maximum atomic E-state index is 5.96. The summed E-state index contributed by atoms with van der Waals surface area (Å²) in [5.41, 5.74) is 7.34. The SMILES string of the molecule is Nc1nc(CN2CCN(Cc3ccccc3)CC2)nc(N2CCCCC2)n1. The average molecular weight is 368 g/mol. The van der Waals surface area contributed by atoms with Crippen LogP contribution in [0.15, 0.2) is 30.3 Å². The standard InChI is InChI=1S/C20H29N7/c21-19-22-18(23-20(24-19)27-9-5-2-6-10-27)16-26-13-11-25(12-14-26)15-17-7-3-1-4-8-17/h1,3-4,7-8H,2,5-6,9-16H2,(H2,21,22,23,24). The summed E-state index contributed by atoms with van der Waals surface area (Å²) < 4.78 is 0. The van der Waals surface area contributed by atoms with Gasteiger partial charge in [0.25, 0.3) is 0 Å². The lowest BCUT2D eigenvalue weighted by Gasteiger charge is -2.34. The molecule has 2 saturated heterocycles. The molecule has 7 nitrogen and oxygen atoms in total. The normalized spacial score (nSPS) is 19.3. The van der Waals surface area contributed by atoms with Crippen LogP contribution in [0.1, 0.15) is 30.7 Å².